The van der Waals surface area contributed by atoms with Crippen molar-refractivity contribution in [3.63, 3.8) is 0 Å². The van der Waals surface area contributed by atoms with Crippen LogP contribution in [0.15, 0.2) is 5.51 Å². The van der Waals surface area contributed by atoms with Crippen LogP contribution in [-0.2, 0) is 4.84 Å². The Bertz CT molecular complexity index is 202. The first-order valence-electron chi connectivity index (χ1n) is 2.00. The molecule has 5 nitrogen and oxygen atoms in total. The van der Waals surface area contributed by atoms with Gasteiger partial charge in [0.15, 0.2) is 0 Å². The quantitative estimate of drug-likeness (QED) is 0.477. The number of nitriles is 1. The van der Waals surface area contributed by atoms with E-state index in [0.717, 1.165) is 0 Å². The number of aromatic nitrogens is 2. The van der Waals surface area contributed by atoms with Crippen molar-refractivity contribution in [2.24, 2.45) is 0 Å². The number of rotatable bonds is 2. The average Bonchev–Trinajstić information content (AvgIpc) is 2.34. The van der Waals surface area contributed by atoms with Gasteiger partial charge in [0.1, 0.15) is 5.51 Å². The zero-order valence-electron chi connectivity index (χ0n) is 4.24. The molecule has 9 heavy (non-hydrogen) atoms. The molecule has 0 amide bonds. The molecule has 1 aromatic rings. The average molecular weight is 142 g/mol. The van der Waals surface area contributed by atoms with Crippen LogP contribution in [0.4, 0.5) is 5.13 Å². The van der Waals surface area contributed by atoms with E-state index >= 15 is 0 Å². The van der Waals surface area contributed by atoms with Crippen LogP contribution in [0, 0.1) is 11.5 Å². The van der Waals surface area contributed by atoms with Gasteiger partial charge < -0.3 is 0 Å². The van der Waals surface area contributed by atoms with Gasteiger partial charge in [-0.05, 0) is 0 Å². The number of hydrogen-bond acceptors (Lipinski definition) is 6. The summed E-state index contributed by atoms with van der Waals surface area (Å²) in [6.07, 6.45) is 1.43. The normalized spacial score (nSPS) is 7.89. The molecule has 0 aliphatic heterocycles. The van der Waals surface area contributed by atoms with E-state index in [2.05, 4.69) is 20.5 Å². The van der Waals surface area contributed by atoms with Crippen LogP contribution in [0.5, 0.6) is 0 Å². The van der Waals surface area contributed by atoms with E-state index in [4.69, 9.17) is 5.26 Å². The summed E-state index contributed by atoms with van der Waals surface area (Å²) in [6.45, 7) is 0. The van der Waals surface area contributed by atoms with Gasteiger partial charge in [-0.1, -0.05) is 11.3 Å². The molecule has 1 rings (SSSR count). The van der Waals surface area contributed by atoms with Crippen molar-refractivity contribution in [2.75, 3.05) is 5.48 Å². The van der Waals surface area contributed by atoms with Crippen molar-refractivity contribution in [2.45, 2.75) is 0 Å². The Morgan fingerprint density at radius 3 is 3.33 bits per heavy atom. The molecule has 0 unspecified atom stereocenters. The van der Waals surface area contributed by atoms with Gasteiger partial charge in [0.2, 0.25) is 5.13 Å². The van der Waals surface area contributed by atoms with Gasteiger partial charge in [-0.25, -0.2) is 0 Å². The Kier molecular flexibility index (Phi) is 1.82. The Morgan fingerprint density at radius 2 is 2.78 bits per heavy atom. The summed E-state index contributed by atoms with van der Waals surface area (Å²) >= 11 is 1.25. The van der Waals surface area contributed by atoms with Crippen LogP contribution in [0.25, 0.3) is 0 Å². The predicted octanol–water partition coefficient (Wildman–Crippen LogP) is 0.363. The van der Waals surface area contributed by atoms with E-state index in [9.17, 15) is 0 Å². The highest BCUT2D eigenvalue weighted by molar-refractivity contribution is 7.13. The molecule has 0 aromatic carbocycles. The van der Waals surface area contributed by atoms with E-state index in [1.54, 1.807) is 0 Å². The van der Waals surface area contributed by atoms with E-state index < -0.39 is 0 Å². The van der Waals surface area contributed by atoms with Crippen molar-refractivity contribution in [3.8, 4) is 6.26 Å². The maximum absolute atomic E-state index is 7.89. The first-order chi connectivity index (χ1) is 4.43. The summed E-state index contributed by atoms with van der Waals surface area (Å²) in [5.74, 6) is 0. The molecule has 1 N–H and O–H groups in total. The van der Waals surface area contributed by atoms with Crippen LogP contribution < -0.4 is 5.48 Å². The predicted molar refractivity (Wildman–Crippen MR) is 30.2 cm³/mol. The minimum atomic E-state index is 0.469. The van der Waals surface area contributed by atoms with E-state index in [1.807, 2.05) is 0 Å². The van der Waals surface area contributed by atoms with Crippen molar-refractivity contribution in [3.05, 3.63) is 5.51 Å². The molecular formula is C3H2N4OS. The number of nitrogens with one attached hydrogen (secondary N) is 1. The number of nitrogens with zero attached hydrogens (tertiary/aromatic N) is 3. The molecular weight excluding hydrogens is 140 g/mol. The van der Waals surface area contributed by atoms with E-state index in [1.165, 1.54) is 23.1 Å². The Balaban J connectivity index is 2.41. The Hall–Kier alpha value is -1.35. The van der Waals surface area contributed by atoms with Gasteiger partial charge in [0.05, 0.1) is 0 Å². The molecule has 0 fully saturated rings. The van der Waals surface area contributed by atoms with E-state index in [-0.39, 0.29) is 0 Å². The fourth-order valence-electron chi connectivity index (χ4n) is 0.284. The molecule has 0 radical (unpaired) electrons. The molecule has 0 saturated heterocycles. The second kappa shape index (κ2) is 2.84. The Morgan fingerprint density at radius 1 is 1.89 bits per heavy atom. The van der Waals surface area contributed by atoms with E-state index in [0.29, 0.717) is 5.13 Å². The van der Waals surface area contributed by atoms with Gasteiger partial charge in [0, 0.05) is 0 Å². The third-order valence-electron chi connectivity index (χ3n) is 0.544. The molecule has 1 heterocycles. The van der Waals surface area contributed by atoms with Gasteiger partial charge in [-0.2, -0.15) is 5.48 Å². The van der Waals surface area contributed by atoms with Crippen LogP contribution in [0.1, 0.15) is 0 Å². The fourth-order valence-corrected chi connectivity index (χ4v) is 0.662. The second-order valence-electron chi connectivity index (χ2n) is 1.04. The fraction of sp³-hybridized carbons (Fsp3) is 0. The van der Waals surface area contributed by atoms with Gasteiger partial charge >= 0.3 is 6.26 Å². The van der Waals surface area contributed by atoms with Crippen LogP contribution in [0.3, 0.4) is 0 Å². The molecule has 0 aliphatic rings. The lowest BCUT2D eigenvalue weighted by Crippen LogP contribution is -1.93. The molecule has 0 aliphatic carbocycles. The molecule has 6 heteroatoms. The Labute approximate surface area is 54.9 Å². The summed E-state index contributed by atoms with van der Waals surface area (Å²) < 4.78 is 0. The highest BCUT2D eigenvalue weighted by atomic mass is 32.1. The lowest BCUT2D eigenvalue weighted by atomic mass is 11.3. The summed E-state index contributed by atoms with van der Waals surface area (Å²) in [7, 11) is 0. The largest absolute Gasteiger partial charge is 0.314 e. The number of hydrogen-bond donors (Lipinski definition) is 1. The molecule has 46 valence electrons. The topological polar surface area (TPSA) is 70.8 Å². The van der Waals surface area contributed by atoms with Crippen molar-refractivity contribution < 1.29 is 4.84 Å². The monoisotopic (exact) mass is 142 g/mol. The van der Waals surface area contributed by atoms with Crippen molar-refractivity contribution >= 4 is 16.5 Å². The minimum Gasteiger partial charge on any atom is -0.299 e. The van der Waals surface area contributed by atoms with Gasteiger partial charge in [-0.15, -0.1) is 15.5 Å². The first-order valence-corrected chi connectivity index (χ1v) is 2.88. The van der Waals surface area contributed by atoms with Gasteiger partial charge in [-0.3, -0.25) is 4.84 Å². The summed E-state index contributed by atoms with van der Waals surface area (Å²) in [5.41, 5.74) is 3.79. The zero-order chi connectivity index (χ0) is 6.53. The summed E-state index contributed by atoms with van der Waals surface area (Å²) in [5, 5.41) is 15.4. The SMILES string of the molecule is N#CONc1nncs1. The lowest BCUT2D eigenvalue weighted by molar-refractivity contribution is 0.353. The highest BCUT2D eigenvalue weighted by Gasteiger charge is 1.91. The summed E-state index contributed by atoms with van der Waals surface area (Å²) in [4.78, 5) is 4.14. The molecule has 1 aromatic heterocycles. The summed E-state index contributed by atoms with van der Waals surface area (Å²) in [6, 6.07) is 0. The zero-order valence-corrected chi connectivity index (χ0v) is 5.05. The standard InChI is InChI=1S/C3H2N4OS/c4-1-8-7-3-6-5-2-9-3/h2H,(H,6,7). The van der Waals surface area contributed by atoms with Gasteiger partial charge in [0.25, 0.3) is 0 Å². The maximum Gasteiger partial charge on any atom is 0.314 e. The van der Waals surface area contributed by atoms with Crippen molar-refractivity contribution in [1.82, 2.24) is 10.2 Å². The lowest BCUT2D eigenvalue weighted by Gasteiger charge is -1.89. The number of anilines is 1. The smallest absolute Gasteiger partial charge is 0.299 e. The molecule has 0 spiro atoms. The van der Waals surface area contributed by atoms with Crippen LogP contribution in [-0.4, -0.2) is 10.2 Å². The molecule has 0 atom stereocenters. The molecule has 0 bridgehead atoms. The minimum absolute atomic E-state index is 0.469. The molecule has 0 saturated carbocycles. The highest BCUT2D eigenvalue weighted by Crippen LogP contribution is 2.06. The van der Waals surface area contributed by atoms with Crippen LogP contribution >= 0.6 is 11.3 Å². The third kappa shape index (κ3) is 1.54. The van der Waals surface area contributed by atoms with Crippen LogP contribution in [0.2, 0.25) is 0 Å². The maximum atomic E-state index is 7.89. The van der Waals surface area contributed by atoms with Crippen molar-refractivity contribution in [1.29, 1.82) is 5.26 Å². The second-order valence-corrected chi connectivity index (χ2v) is 1.87. The first kappa shape index (κ1) is 5.78. The third-order valence-corrected chi connectivity index (χ3v) is 1.13.